The highest BCUT2D eigenvalue weighted by molar-refractivity contribution is 5.88. The van der Waals surface area contributed by atoms with E-state index in [4.69, 9.17) is 4.42 Å². The largest absolute Gasteiger partial charge is 0.507 e. The van der Waals surface area contributed by atoms with Gasteiger partial charge in [0.1, 0.15) is 17.9 Å². The van der Waals surface area contributed by atoms with Crippen LogP contribution in [0.1, 0.15) is 31.2 Å². The van der Waals surface area contributed by atoms with Crippen molar-refractivity contribution in [2.45, 2.75) is 32.2 Å². The maximum atomic E-state index is 12.1. The summed E-state index contributed by atoms with van der Waals surface area (Å²) in [5.41, 5.74) is 2.76. The van der Waals surface area contributed by atoms with E-state index < -0.39 is 0 Å². The second kappa shape index (κ2) is 7.34. The van der Waals surface area contributed by atoms with Crippen molar-refractivity contribution in [2.75, 3.05) is 13.1 Å². The molecule has 0 amide bonds. The molecule has 3 aromatic rings. The predicted octanol–water partition coefficient (Wildman–Crippen LogP) is 3.12. The first-order valence-corrected chi connectivity index (χ1v) is 9.39. The van der Waals surface area contributed by atoms with Crippen molar-refractivity contribution in [3.05, 3.63) is 64.5 Å². The van der Waals surface area contributed by atoms with Crippen LogP contribution in [0.4, 0.5) is 0 Å². The molecule has 4 heteroatoms. The number of rotatable bonds is 3. The molecule has 2 heterocycles. The second-order valence-corrected chi connectivity index (χ2v) is 7.16. The van der Waals surface area contributed by atoms with Crippen molar-refractivity contribution in [1.29, 1.82) is 0 Å². The molecule has 0 atom stereocenters. The van der Waals surface area contributed by atoms with Crippen molar-refractivity contribution in [3.8, 4) is 16.9 Å². The van der Waals surface area contributed by atoms with Crippen molar-refractivity contribution in [2.24, 2.45) is 0 Å². The monoisotopic (exact) mass is 350 g/mol. The Bertz CT molecular complexity index is 954. The molecule has 0 radical (unpaired) electrons. The van der Waals surface area contributed by atoms with E-state index in [1.165, 1.54) is 30.6 Å². The molecule has 0 unspecified atom stereocenters. The Balaban J connectivity index is 1.77. The first kappa shape index (κ1) is 16.9. The molecule has 134 valence electrons. The molecule has 2 N–H and O–H groups in total. The zero-order chi connectivity index (χ0) is 17.9. The van der Waals surface area contributed by atoms with Gasteiger partial charge in [-0.1, -0.05) is 30.3 Å². The van der Waals surface area contributed by atoms with E-state index in [-0.39, 0.29) is 11.4 Å². The smallest absolute Gasteiger partial charge is 0.336 e. The van der Waals surface area contributed by atoms with Crippen molar-refractivity contribution in [1.82, 2.24) is 0 Å². The summed E-state index contributed by atoms with van der Waals surface area (Å²) in [4.78, 5) is 13.6. The molecule has 4 nitrogen and oxygen atoms in total. The van der Waals surface area contributed by atoms with Gasteiger partial charge in [0, 0.05) is 22.6 Å². The van der Waals surface area contributed by atoms with E-state index in [1.54, 1.807) is 18.2 Å². The first-order chi connectivity index (χ1) is 12.7. The van der Waals surface area contributed by atoms with Crippen LogP contribution in [0.5, 0.6) is 5.75 Å². The third-order valence-electron chi connectivity index (χ3n) is 5.28. The summed E-state index contributed by atoms with van der Waals surface area (Å²) in [7, 11) is 0. The molecule has 1 aliphatic heterocycles. The Kier molecular flexibility index (Phi) is 4.76. The van der Waals surface area contributed by atoms with Gasteiger partial charge in [0.05, 0.1) is 13.1 Å². The normalized spacial score (nSPS) is 15.8. The third kappa shape index (κ3) is 3.51. The van der Waals surface area contributed by atoms with Crippen LogP contribution in [0, 0.1) is 0 Å². The number of fused-ring (bicyclic) bond motifs is 1. The van der Waals surface area contributed by atoms with Crippen LogP contribution < -0.4 is 10.5 Å². The lowest BCUT2D eigenvalue weighted by Crippen LogP contribution is -3.10. The summed E-state index contributed by atoms with van der Waals surface area (Å²) in [6, 6.07) is 14.8. The molecule has 0 aliphatic carbocycles. The van der Waals surface area contributed by atoms with E-state index >= 15 is 0 Å². The summed E-state index contributed by atoms with van der Waals surface area (Å²) in [5.74, 6) is 0.213. The maximum Gasteiger partial charge on any atom is 0.336 e. The average Bonchev–Trinajstić information content (AvgIpc) is 2.91. The second-order valence-electron chi connectivity index (χ2n) is 7.16. The Morgan fingerprint density at radius 2 is 1.69 bits per heavy atom. The summed E-state index contributed by atoms with van der Waals surface area (Å²) < 4.78 is 5.46. The number of likely N-dealkylation sites (tertiary alicyclic amines) is 1. The third-order valence-corrected chi connectivity index (χ3v) is 5.28. The van der Waals surface area contributed by atoms with Crippen LogP contribution in [0.2, 0.25) is 0 Å². The van der Waals surface area contributed by atoms with Gasteiger partial charge in [0.25, 0.3) is 0 Å². The molecule has 4 rings (SSSR count). The van der Waals surface area contributed by atoms with Crippen LogP contribution in [0.3, 0.4) is 0 Å². The Hall–Kier alpha value is -2.59. The maximum absolute atomic E-state index is 12.1. The van der Waals surface area contributed by atoms with Gasteiger partial charge in [-0.15, -0.1) is 0 Å². The van der Waals surface area contributed by atoms with E-state index in [9.17, 15) is 9.90 Å². The molecule has 26 heavy (non-hydrogen) atoms. The lowest BCUT2D eigenvalue weighted by molar-refractivity contribution is -0.913. The lowest BCUT2D eigenvalue weighted by Gasteiger charge is -2.18. The molecule has 1 aliphatic rings. The van der Waals surface area contributed by atoms with Crippen LogP contribution in [-0.2, 0) is 6.54 Å². The van der Waals surface area contributed by atoms with Crippen molar-refractivity contribution in [3.63, 3.8) is 0 Å². The molecule has 1 saturated heterocycles. The molecular weight excluding hydrogens is 326 g/mol. The van der Waals surface area contributed by atoms with Crippen LogP contribution in [0.15, 0.2) is 57.7 Å². The molecule has 0 spiro atoms. The Morgan fingerprint density at radius 3 is 2.42 bits per heavy atom. The molecule has 0 bridgehead atoms. The highest BCUT2D eigenvalue weighted by Gasteiger charge is 2.17. The van der Waals surface area contributed by atoms with Crippen LogP contribution in [0.25, 0.3) is 22.1 Å². The fraction of sp³-hybridized carbons (Fsp3) is 0.318. The minimum Gasteiger partial charge on any atom is -0.507 e. The predicted molar refractivity (Wildman–Crippen MR) is 102 cm³/mol. The molecule has 1 aromatic heterocycles. The first-order valence-electron chi connectivity index (χ1n) is 9.39. The molecule has 0 saturated carbocycles. The number of hydrogen-bond acceptors (Lipinski definition) is 3. The number of benzene rings is 2. The zero-order valence-corrected chi connectivity index (χ0v) is 14.8. The standard InChI is InChI=1S/C22H23NO3/c24-20-13-19-17(15-23-10-6-1-2-7-11-23)12-22(25)26-21(19)14-18(20)16-8-4-3-5-9-16/h3-5,8-9,12-14,24H,1-2,6-7,10-11,15H2/p+1. The van der Waals surface area contributed by atoms with Gasteiger partial charge in [-0.25, -0.2) is 4.79 Å². The van der Waals surface area contributed by atoms with Gasteiger partial charge in [-0.2, -0.15) is 0 Å². The van der Waals surface area contributed by atoms with Gasteiger partial charge in [-0.05, 0) is 43.4 Å². The number of quaternary nitrogens is 1. The lowest BCUT2D eigenvalue weighted by atomic mass is 10.0. The van der Waals surface area contributed by atoms with E-state index in [0.717, 1.165) is 36.1 Å². The van der Waals surface area contributed by atoms with E-state index in [1.807, 2.05) is 30.3 Å². The Labute approximate surface area is 152 Å². The average molecular weight is 350 g/mol. The van der Waals surface area contributed by atoms with Gasteiger partial charge < -0.3 is 14.4 Å². The molecule has 1 fully saturated rings. The van der Waals surface area contributed by atoms with Gasteiger partial charge in [0.15, 0.2) is 0 Å². The van der Waals surface area contributed by atoms with Crippen LogP contribution >= 0.6 is 0 Å². The summed E-state index contributed by atoms with van der Waals surface area (Å²) >= 11 is 0. The quantitative estimate of drug-likeness (QED) is 0.714. The fourth-order valence-electron chi connectivity index (χ4n) is 3.93. The molecular formula is C22H24NO3+. The van der Waals surface area contributed by atoms with E-state index in [0.29, 0.717) is 11.1 Å². The topological polar surface area (TPSA) is 54.9 Å². The van der Waals surface area contributed by atoms with Crippen LogP contribution in [-0.4, -0.2) is 18.2 Å². The highest BCUT2D eigenvalue weighted by atomic mass is 16.4. The van der Waals surface area contributed by atoms with Crippen molar-refractivity contribution >= 4 is 11.0 Å². The Morgan fingerprint density at radius 1 is 0.962 bits per heavy atom. The minimum atomic E-state index is -0.327. The van der Waals surface area contributed by atoms with Gasteiger partial charge in [-0.3, -0.25) is 0 Å². The number of phenolic OH excluding ortho intramolecular Hbond substituents is 1. The summed E-state index contributed by atoms with van der Waals surface area (Å²) in [6.07, 6.45) is 5.06. The van der Waals surface area contributed by atoms with Gasteiger partial charge in [0.2, 0.25) is 0 Å². The van der Waals surface area contributed by atoms with Gasteiger partial charge >= 0.3 is 5.63 Å². The number of nitrogens with one attached hydrogen (secondary N) is 1. The number of phenols is 1. The molecule has 2 aromatic carbocycles. The fourth-order valence-corrected chi connectivity index (χ4v) is 3.93. The SMILES string of the molecule is O=c1cc(C[NH+]2CCCCCC2)c2cc(O)c(-c3ccccc3)cc2o1. The zero-order valence-electron chi connectivity index (χ0n) is 14.8. The van der Waals surface area contributed by atoms with E-state index in [2.05, 4.69) is 0 Å². The summed E-state index contributed by atoms with van der Waals surface area (Å²) in [6.45, 7) is 3.07. The highest BCUT2D eigenvalue weighted by Crippen LogP contribution is 2.33. The van der Waals surface area contributed by atoms with Crippen molar-refractivity contribution < 1.29 is 14.4 Å². The number of aromatic hydroxyl groups is 1. The minimum absolute atomic E-state index is 0.213. The summed E-state index contributed by atoms with van der Waals surface area (Å²) in [5, 5.41) is 11.4. The number of hydrogen-bond donors (Lipinski definition) is 2.